The van der Waals surface area contributed by atoms with Crippen LogP contribution >= 0.6 is 11.3 Å². The molecular weight excluding hydrogens is 510 g/mol. The second-order valence-corrected chi connectivity index (χ2v) is 10.6. The SMILES string of the molecule is c1cc(-c2cc(-c3ccncc3)nc(-c3ccncc3)n2)cc(-n2c3ccccc3c3c4sccc4ccc32)c1. The maximum atomic E-state index is 5.02. The Morgan fingerprint density at radius 3 is 2.15 bits per heavy atom. The van der Waals surface area contributed by atoms with Crippen LogP contribution in [0.3, 0.4) is 0 Å². The maximum Gasteiger partial charge on any atom is 0.160 e. The smallest absolute Gasteiger partial charge is 0.160 e. The fraction of sp³-hybridized carbons (Fsp3) is 0. The third-order valence-corrected chi connectivity index (χ3v) is 8.24. The van der Waals surface area contributed by atoms with Crippen molar-refractivity contribution in [2.24, 2.45) is 0 Å². The molecule has 0 saturated carbocycles. The van der Waals surface area contributed by atoms with E-state index in [-0.39, 0.29) is 0 Å². The first kappa shape index (κ1) is 22.8. The lowest BCUT2D eigenvalue weighted by Crippen LogP contribution is -1.98. The Labute approximate surface area is 234 Å². The van der Waals surface area contributed by atoms with E-state index < -0.39 is 0 Å². The van der Waals surface area contributed by atoms with Gasteiger partial charge in [-0.05, 0) is 71.4 Å². The molecule has 0 radical (unpaired) electrons. The Morgan fingerprint density at radius 1 is 0.575 bits per heavy atom. The summed E-state index contributed by atoms with van der Waals surface area (Å²) in [6, 6.07) is 33.8. The topological polar surface area (TPSA) is 56.5 Å². The maximum absolute atomic E-state index is 5.02. The first-order chi connectivity index (χ1) is 19.8. The zero-order chi connectivity index (χ0) is 26.5. The number of hydrogen-bond donors (Lipinski definition) is 0. The third-order valence-electron chi connectivity index (χ3n) is 7.30. The van der Waals surface area contributed by atoms with Gasteiger partial charge in [0, 0.05) is 62.6 Å². The fourth-order valence-corrected chi connectivity index (χ4v) is 6.41. The molecule has 0 unspecified atom stereocenters. The van der Waals surface area contributed by atoms with Crippen LogP contribution in [0.1, 0.15) is 0 Å². The number of thiophene rings is 1. The number of pyridine rings is 2. The summed E-state index contributed by atoms with van der Waals surface area (Å²) in [5, 5.41) is 6.02. The van der Waals surface area contributed by atoms with E-state index in [9.17, 15) is 0 Å². The van der Waals surface area contributed by atoms with Crippen LogP contribution in [0, 0.1) is 0 Å². The van der Waals surface area contributed by atoms with Gasteiger partial charge in [-0.2, -0.15) is 0 Å². The molecule has 5 aromatic heterocycles. The number of benzene rings is 3. The van der Waals surface area contributed by atoms with E-state index in [1.54, 1.807) is 36.1 Å². The molecule has 0 aliphatic rings. The normalized spacial score (nSPS) is 11.5. The number of fused-ring (bicyclic) bond motifs is 5. The van der Waals surface area contributed by atoms with Crippen LogP contribution in [0.15, 0.2) is 127 Å². The lowest BCUT2D eigenvalue weighted by atomic mass is 10.1. The Kier molecular flexibility index (Phi) is 5.24. The molecule has 5 nitrogen and oxygen atoms in total. The van der Waals surface area contributed by atoms with Gasteiger partial charge in [-0.1, -0.05) is 36.4 Å². The van der Waals surface area contributed by atoms with Crippen molar-refractivity contribution in [3.8, 4) is 39.6 Å². The van der Waals surface area contributed by atoms with Gasteiger partial charge >= 0.3 is 0 Å². The van der Waals surface area contributed by atoms with Crippen molar-refractivity contribution in [3.05, 3.63) is 127 Å². The molecule has 0 aliphatic carbocycles. The van der Waals surface area contributed by atoms with Gasteiger partial charge in [0.15, 0.2) is 5.82 Å². The monoisotopic (exact) mass is 531 g/mol. The standard InChI is InChI=1S/C34H21N5S/c1-2-7-30-27(6-1)32-31(9-8-23-14-19-40-33(23)32)39(30)26-5-3-4-25(20-26)29-21-28(22-10-15-35-16-11-22)37-34(38-29)24-12-17-36-18-13-24/h1-21H. The van der Waals surface area contributed by atoms with E-state index in [2.05, 4.69) is 92.7 Å². The van der Waals surface area contributed by atoms with Gasteiger partial charge in [-0.25, -0.2) is 9.97 Å². The number of nitrogens with zero attached hydrogens (tertiary/aromatic N) is 5. The Hall–Kier alpha value is -5.20. The molecule has 0 amide bonds. The second kappa shape index (κ2) is 9.22. The molecule has 0 fully saturated rings. The van der Waals surface area contributed by atoms with Gasteiger partial charge in [0.1, 0.15) is 0 Å². The van der Waals surface area contributed by atoms with E-state index >= 15 is 0 Å². The average molecular weight is 532 g/mol. The van der Waals surface area contributed by atoms with Crippen molar-refractivity contribution < 1.29 is 0 Å². The minimum absolute atomic E-state index is 0.661. The predicted molar refractivity (Wildman–Crippen MR) is 164 cm³/mol. The summed E-state index contributed by atoms with van der Waals surface area (Å²) in [7, 11) is 0. The third kappa shape index (κ3) is 3.69. The molecule has 3 aromatic carbocycles. The van der Waals surface area contributed by atoms with E-state index in [0.29, 0.717) is 5.82 Å². The average Bonchev–Trinajstić information content (AvgIpc) is 3.64. The van der Waals surface area contributed by atoms with E-state index in [1.165, 1.54) is 31.9 Å². The highest BCUT2D eigenvalue weighted by atomic mass is 32.1. The van der Waals surface area contributed by atoms with Crippen LogP contribution in [0.4, 0.5) is 0 Å². The number of aromatic nitrogens is 5. The number of rotatable bonds is 4. The molecule has 5 heterocycles. The summed E-state index contributed by atoms with van der Waals surface area (Å²) in [6.45, 7) is 0. The summed E-state index contributed by atoms with van der Waals surface area (Å²) >= 11 is 1.80. The highest BCUT2D eigenvalue weighted by Crippen LogP contribution is 2.39. The summed E-state index contributed by atoms with van der Waals surface area (Å²) < 4.78 is 3.69. The Bertz CT molecular complexity index is 2110. The summed E-state index contributed by atoms with van der Waals surface area (Å²) in [6.07, 6.45) is 7.11. The molecule has 0 saturated heterocycles. The molecule has 0 spiro atoms. The van der Waals surface area contributed by atoms with Gasteiger partial charge in [0.2, 0.25) is 0 Å². The van der Waals surface area contributed by atoms with Crippen molar-refractivity contribution in [3.63, 3.8) is 0 Å². The molecule has 6 heteroatoms. The van der Waals surface area contributed by atoms with Crippen LogP contribution in [-0.2, 0) is 0 Å². The molecule has 0 N–H and O–H groups in total. The van der Waals surface area contributed by atoms with Crippen molar-refractivity contribution in [2.75, 3.05) is 0 Å². The lowest BCUT2D eigenvalue weighted by Gasteiger charge is -2.12. The molecule has 0 aliphatic heterocycles. The molecule has 0 atom stereocenters. The number of hydrogen-bond acceptors (Lipinski definition) is 5. The van der Waals surface area contributed by atoms with E-state index in [0.717, 1.165) is 33.8 Å². The predicted octanol–water partition coefficient (Wildman–Crippen LogP) is 8.58. The molecule has 0 bridgehead atoms. The molecule has 8 rings (SSSR count). The zero-order valence-corrected chi connectivity index (χ0v) is 22.1. The molecular formula is C34H21N5S. The number of para-hydroxylation sites is 1. The Morgan fingerprint density at radius 2 is 1.32 bits per heavy atom. The van der Waals surface area contributed by atoms with Crippen LogP contribution in [0.25, 0.3) is 71.5 Å². The van der Waals surface area contributed by atoms with Crippen molar-refractivity contribution >= 4 is 43.2 Å². The minimum Gasteiger partial charge on any atom is -0.309 e. The van der Waals surface area contributed by atoms with E-state index in [4.69, 9.17) is 9.97 Å². The molecule has 8 aromatic rings. The lowest BCUT2D eigenvalue weighted by molar-refractivity contribution is 1.16. The first-order valence-corrected chi connectivity index (χ1v) is 13.9. The Balaban J connectivity index is 1.35. The van der Waals surface area contributed by atoms with Crippen molar-refractivity contribution in [1.29, 1.82) is 0 Å². The van der Waals surface area contributed by atoms with Gasteiger partial charge in [-0.15, -0.1) is 11.3 Å². The van der Waals surface area contributed by atoms with Gasteiger partial charge in [0.25, 0.3) is 0 Å². The first-order valence-electron chi connectivity index (χ1n) is 13.0. The van der Waals surface area contributed by atoms with Gasteiger partial charge in [-0.3, -0.25) is 9.97 Å². The van der Waals surface area contributed by atoms with Crippen LogP contribution in [0.5, 0.6) is 0 Å². The van der Waals surface area contributed by atoms with Crippen molar-refractivity contribution in [2.45, 2.75) is 0 Å². The van der Waals surface area contributed by atoms with Crippen molar-refractivity contribution in [1.82, 2.24) is 24.5 Å². The minimum atomic E-state index is 0.661. The molecule has 188 valence electrons. The van der Waals surface area contributed by atoms with Gasteiger partial charge in [0.05, 0.1) is 22.4 Å². The fourth-order valence-electron chi connectivity index (χ4n) is 5.46. The van der Waals surface area contributed by atoms with Crippen LogP contribution < -0.4 is 0 Å². The van der Waals surface area contributed by atoms with Crippen LogP contribution in [0.2, 0.25) is 0 Å². The van der Waals surface area contributed by atoms with E-state index in [1.807, 2.05) is 24.3 Å². The summed E-state index contributed by atoms with van der Waals surface area (Å²) in [4.78, 5) is 18.3. The quantitative estimate of drug-likeness (QED) is 0.228. The summed E-state index contributed by atoms with van der Waals surface area (Å²) in [5.41, 5.74) is 8.12. The van der Waals surface area contributed by atoms with Gasteiger partial charge < -0.3 is 4.57 Å². The highest BCUT2D eigenvalue weighted by molar-refractivity contribution is 7.18. The second-order valence-electron chi connectivity index (χ2n) is 9.64. The van der Waals surface area contributed by atoms with Crippen LogP contribution in [-0.4, -0.2) is 24.5 Å². The zero-order valence-electron chi connectivity index (χ0n) is 21.3. The largest absolute Gasteiger partial charge is 0.309 e. The summed E-state index contributed by atoms with van der Waals surface area (Å²) in [5.74, 6) is 0.661. The molecule has 40 heavy (non-hydrogen) atoms. The highest BCUT2D eigenvalue weighted by Gasteiger charge is 2.16.